The summed E-state index contributed by atoms with van der Waals surface area (Å²) in [5, 5.41) is 18.0. The molecule has 0 saturated carbocycles. The third kappa shape index (κ3) is 9.74. The number of hydrogen-bond donors (Lipinski definition) is 3. The zero-order valence-corrected chi connectivity index (χ0v) is 36.4. The molecule has 66 heavy (non-hydrogen) atoms. The van der Waals surface area contributed by atoms with Crippen molar-refractivity contribution in [1.29, 1.82) is 0 Å². The third-order valence-electron chi connectivity index (χ3n) is 11.5. The number of piperidine rings is 1. The topological polar surface area (TPSA) is 169 Å². The lowest BCUT2D eigenvalue weighted by molar-refractivity contribution is -0.136. The summed E-state index contributed by atoms with van der Waals surface area (Å²) in [7, 11) is 0. The van der Waals surface area contributed by atoms with Gasteiger partial charge in [-0.1, -0.05) is 59.0 Å². The molecule has 14 nitrogen and oxygen atoms in total. The van der Waals surface area contributed by atoms with E-state index in [0.717, 1.165) is 47.5 Å². The molecule has 4 aromatic carbocycles. The maximum atomic E-state index is 14.9. The van der Waals surface area contributed by atoms with Gasteiger partial charge in [0, 0.05) is 96.0 Å². The average Bonchev–Trinajstić information content (AvgIpc) is 3.88. The van der Waals surface area contributed by atoms with Gasteiger partial charge in [0.15, 0.2) is 0 Å². The summed E-state index contributed by atoms with van der Waals surface area (Å²) in [6, 6.07) is 21.3. The molecule has 0 radical (unpaired) electrons. The summed E-state index contributed by atoms with van der Waals surface area (Å²) >= 11 is 6.37. The van der Waals surface area contributed by atoms with Gasteiger partial charge >= 0.3 is 0 Å². The van der Waals surface area contributed by atoms with Gasteiger partial charge in [-0.25, -0.2) is 18.7 Å². The zero-order valence-electron chi connectivity index (χ0n) is 35.6. The second kappa shape index (κ2) is 19.9. The van der Waals surface area contributed by atoms with E-state index in [2.05, 4.69) is 48.1 Å². The van der Waals surface area contributed by atoms with E-state index >= 15 is 0 Å². The fraction of sp³-hybridized carbons (Fsp3) is 0.265. The van der Waals surface area contributed by atoms with Gasteiger partial charge in [-0.3, -0.25) is 29.4 Å². The lowest BCUT2D eigenvalue weighted by atomic mass is 9.95. The van der Waals surface area contributed by atoms with Crippen LogP contribution in [0.5, 0.6) is 0 Å². The summed E-state index contributed by atoms with van der Waals surface area (Å²) < 4.78 is 37.5. The summed E-state index contributed by atoms with van der Waals surface area (Å²) in [5.74, 6) is 4.35. The molecule has 3 aliphatic heterocycles. The minimum atomic E-state index is -0.718. The third-order valence-corrected chi connectivity index (χ3v) is 11.7. The van der Waals surface area contributed by atoms with E-state index in [1.807, 2.05) is 36.5 Å². The Labute approximate surface area is 383 Å². The van der Waals surface area contributed by atoms with E-state index in [-0.39, 0.29) is 36.1 Å². The smallest absolute Gasteiger partial charge is 0.255 e. The van der Waals surface area contributed by atoms with Gasteiger partial charge in [-0.15, -0.1) is 5.10 Å². The lowest BCUT2D eigenvalue weighted by Gasteiger charge is -2.29. The minimum absolute atomic E-state index is 0.120. The molecule has 0 aliphatic carbocycles. The van der Waals surface area contributed by atoms with Crippen molar-refractivity contribution in [3.05, 3.63) is 141 Å². The van der Waals surface area contributed by atoms with E-state index in [4.69, 9.17) is 21.3 Å². The molecule has 0 bridgehead atoms. The van der Waals surface area contributed by atoms with Crippen LogP contribution in [0.15, 0.2) is 96.2 Å². The Morgan fingerprint density at radius 2 is 1.74 bits per heavy atom. The van der Waals surface area contributed by atoms with Crippen LogP contribution in [0, 0.1) is 23.5 Å². The van der Waals surface area contributed by atoms with Crippen LogP contribution in [0.4, 0.5) is 20.4 Å². The standard InChI is InChI=1S/C49H43ClF2N10O4/c50-33-14-17-35-37(25-33)46(44-39(51)10-4-11-40(44)52)54-26-32-27-55-49(58-45(32)35)56-34-15-12-31(13-16-34)41-29-61(60-59-41)22-6-24-66-23-5-21-53-20-2-1-7-30-8-3-9-36-38(30)28-62(48(36)65)42-18-19-43(63)57-47(42)64/h3-4,8-17,25,27,29,42,53H,2,5-6,18-24,26,28H2,(H,55,56,58)(H,57,63,64). The van der Waals surface area contributed by atoms with Crippen LogP contribution in [-0.4, -0.2) is 85.6 Å². The van der Waals surface area contributed by atoms with Gasteiger partial charge in [-0.2, -0.15) is 0 Å². The van der Waals surface area contributed by atoms with Gasteiger partial charge in [0.2, 0.25) is 17.8 Å². The number of benzene rings is 4. The normalized spacial score (nSPS) is 15.3. The predicted molar refractivity (Wildman–Crippen MR) is 244 cm³/mol. The molecule has 1 unspecified atom stereocenters. The van der Waals surface area contributed by atoms with Gasteiger partial charge in [0.25, 0.3) is 5.91 Å². The molecule has 6 aromatic rings. The average molecular weight is 909 g/mol. The first-order valence-corrected chi connectivity index (χ1v) is 22.0. The number of anilines is 2. The zero-order chi connectivity index (χ0) is 45.6. The lowest BCUT2D eigenvalue weighted by Crippen LogP contribution is -2.52. The highest BCUT2D eigenvalue weighted by atomic mass is 35.5. The van der Waals surface area contributed by atoms with Crippen LogP contribution in [-0.2, 0) is 34.0 Å². The molecule has 1 atom stereocenters. The molecule has 2 aromatic heterocycles. The van der Waals surface area contributed by atoms with Crippen LogP contribution < -0.4 is 16.0 Å². The Morgan fingerprint density at radius 1 is 0.924 bits per heavy atom. The molecule has 0 spiro atoms. The summed E-state index contributed by atoms with van der Waals surface area (Å²) in [6.45, 7) is 3.80. The Bertz CT molecular complexity index is 2910. The first kappa shape index (κ1) is 44.0. The second-order valence-corrected chi connectivity index (χ2v) is 16.4. The summed E-state index contributed by atoms with van der Waals surface area (Å²) in [5.41, 5.74) is 6.84. The number of rotatable bonds is 15. The predicted octanol–water partition coefficient (Wildman–Crippen LogP) is 7.02. The SMILES string of the molecule is O=C1CCC(N2Cc3c(C#CCCNCCCOCCCn4cc(-c5ccc(Nc6ncc7c(n6)-c6ccc(Cl)cc6C(c6c(F)cccc6F)=NC7)cc5)nn4)cccc3C2=O)C(=O)N1. The Balaban J connectivity index is 0.692. The van der Waals surface area contributed by atoms with E-state index in [1.165, 1.54) is 18.2 Å². The van der Waals surface area contributed by atoms with Crippen molar-refractivity contribution in [3.63, 3.8) is 0 Å². The highest BCUT2D eigenvalue weighted by molar-refractivity contribution is 6.31. The maximum absolute atomic E-state index is 14.9. The molecule has 3 amide bonds. The van der Waals surface area contributed by atoms with Crippen LogP contribution >= 0.6 is 11.6 Å². The number of aryl methyl sites for hydroxylation is 1. The molecule has 1 saturated heterocycles. The number of ether oxygens (including phenoxy) is 1. The van der Waals surface area contributed by atoms with Crippen molar-refractivity contribution in [2.45, 2.75) is 57.8 Å². The van der Waals surface area contributed by atoms with Crippen molar-refractivity contribution in [1.82, 2.24) is 40.5 Å². The number of carbonyl (C=O) groups is 3. The van der Waals surface area contributed by atoms with Crippen molar-refractivity contribution >= 4 is 46.7 Å². The second-order valence-electron chi connectivity index (χ2n) is 15.9. The molecule has 9 rings (SSSR count). The summed E-state index contributed by atoms with van der Waals surface area (Å²) in [4.78, 5) is 52.5. The van der Waals surface area contributed by atoms with E-state index in [9.17, 15) is 23.2 Å². The number of carbonyl (C=O) groups excluding carboxylic acids is 3. The Morgan fingerprint density at radius 3 is 2.58 bits per heavy atom. The van der Waals surface area contributed by atoms with E-state index in [1.54, 1.807) is 46.1 Å². The van der Waals surface area contributed by atoms with Gasteiger partial charge < -0.3 is 20.3 Å². The van der Waals surface area contributed by atoms with Crippen molar-refractivity contribution < 1.29 is 27.9 Å². The van der Waals surface area contributed by atoms with E-state index in [0.29, 0.717) is 84.6 Å². The van der Waals surface area contributed by atoms with Crippen molar-refractivity contribution in [3.8, 4) is 34.4 Å². The number of hydrogen-bond acceptors (Lipinski definition) is 11. The molecule has 5 heterocycles. The Kier molecular flexibility index (Phi) is 13.3. The first-order valence-electron chi connectivity index (χ1n) is 21.7. The number of aromatic nitrogens is 5. The highest BCUT2D eigenvalue weighted by Gasteiger charge is 2.39. The molecule has 1 fully saturated rings. The van der Waals surface area contributed by atoms with Crippen LogP contribution in [0.1, 0.15) is 70.3 Å². The van der Waals surface area contributed by atoms with Gasteiger partial charge in [0.1, 0.15) is 23.4 Å². The monoisotopic (exact) mass is 908 g/mol. The number of amides is 3. The molecular formula is C49H43ClF2N10O4. The number of aliphatic imine (C=N–C) groups is 1. The van der Waals surface area contributed by atoms with Crippen LogP contribution in [0.2, 0.25) is 5.02 Å². The number of fused-ring (bicyclic) bond motifs is 4. The fourth-order valence-electron chi connectivity index (χ4n) is 8.18. The van der Waals surface area contributed by atoms with Crippen LogP contribution in [0.25, 0.3) is 22.5 Å². The van der Waals surface area contributed by atoms with E-state index < -0.39 is 23.6 Å². The highest BCUT2D eigenvalue weighted by Crippen LogP contribution is 2.35. The number of nitrogens with zero attached hydrogens (tertiary/aromatic N) is 7. The van der Waals surface area contributed by atoms with Crippen molar-refractivity contribution in [2.24, 2.45) is 4.99 Å². The number of nitrogens with one attached hydrogen (secondary N) is 3. The fourth-order valence-corrected chi connectivity index (χ4v) is 8.35. The quantitative estimate of drug-likeness (QED) is 0.0554. The molecule has 3 aliphatic rings. The molecular weight excluding hydrogens is 866 g/mol. The molecule has 3 N–H and O–H groups in total. The molecule has 334 valence electrons. The van der Waals surface area contributed by atoms with Crippen molar-refractivity contribution in [2.75, 3.05) is 31.6 Å². The first-order chi connectivity index (χ1) is 32.2. The van der Waals surface area contributed by atoms with Crippen LogP contribution in [0.3, 0.4) is 0 Å². The maximum Gasteiger partial charge on any atom is 0.255 e. The number of halogens is 3. The minimum Gasteiger partial charge on any atom is -0.381 e. The molecule has 17 heteroatoms. The summed E-state index contributed by atoms with van der Waals surface area (Å²) in [6.07, 6.45) is 6.37. The van der Waals surface area contributed by atoms with Gasteiger partial charge in [0.05, 0.1) is 29.7 Å². The van der Waals surface area contributed by atoms with Gasteiger partial charge in [-0.05, 0) is 79.9 Å². The number of imide groups is 1. The largest absolute Gasteiger partial charge is 0.381 e. The Hall–Kier alpha value is -7.19.